The molecule has 3 rings (SSSR count). The molecular formula is C13H11ClIN3. The van der Waals surface area contributed by atoms with Gasteiger partial charge >= 0.3 is 0 Å². The van der Waals surface area contributed by atoms with Gasteiger partial charge in [-0.2, -0.15) is 0 Å². The standard InChI is InChI=1S/C13H11ClIN3/c14-9-3-1-2-8(6-9)13-17-11(7-4-5-7)10(15)12(16)18-13/h1-3,6-7H,4-5H2,(H2,16,17,18). The Kier molecular flexibility index (Phi) is 3.15. The van der Waals surface area contributed by atoms with E-state index >= 15 is 0 Å². The number of rotatable bonds is 2. The van der Waals surface area contributed by atoms with Crippen LogP contribution in [0.1, 0.15) is 24.5 Å². The zero-order valence-corrected chi connectivity index (χ0v) is 12.4. The summed E-state index contributed by atoms with van der Waals surface area (Å²) in [5.74, 6) is 1.78. The van der Waals surface area contributed by atoms with Gasteiger partial charge in [0.25, 0.3) is 0 Å². The van der Waals surface area contributed by atoms with Crippen molar-refractivity contribution in [1.29, 1.82) is 0 Å². The van der Waals surface area contributed by atoms with Gasteiger partial charge in [-0.15, -0.1) is 0 Å². The van der Waals surface area contributed by atoms with Crippen LogP contribution in [-0.2, 0) is 0 Å². The number of hydrogen-bond donors (Lipinski definition) is 1. The van der Waals surface area contributed by atoms with Gasteiger partial charge in [-0.05, 0) is 47.6 Å². The van der Waals surface area contributed by atoms with Crippen molar-refractivity contribution in [3.63, 3.8) is 0 Å². The first kappa shape index (κ1) is 12.2. The maximum Gasteiger partial charge on any atom is 0.161 e. The first-order valence-electron chi connectivity index (χ1n) is 5.74. The molecule has 2 N–H and O–H groups in total. The van der Waals surface area contributed by atoms with Crippen LogP contribution in [0.2, 0.25) is 5.02 Å². The maximum absolute atomic E-state index is 5.99. The van der Waals surface area contributed by atoms with Crippen molar-refractivity contribution in [2.75, 3.05) is 5.73 Å². The molecule has 92 valence electrons. The van der Waals surface area contributed by atoms with Crippen LogP contribution in [0.3, 0.4) is 0 Å². The number of aromatic nitrogens is 2. The predicted octanol–water partition coefficient (Wildman–Crippen LogP) is 3.86. The molecule has 1 aliphatic rings. The molecule has 18 heavy (non-hydrogen) atoms. The number of nitrogens with zero attached hydrogens (tertiary/aromatic N) is 2. The fraction of sp³-hybridized carbons (Fsp3) is 0.231. The van der Waals surface area contributed by atoms with Crippen LogP contribution in [0.4, 0.5) is 5.82 Å². The van der Waals surface area contributed by atoms with E-state index in [2.05, 4.69) is 32.6 Å². The van der Waals surface area contributed by atoms with Gasteiger partial charge in [-0.3, -0.25) is 0 Å². The van der Waals surface area contributed by atoms with Crippen LogP contribution in [-0.4, -0.2) is 9.97 Å². The highest BCUT2D eigenvalue weighted by Gasteiger charge is 2.29. The van der Waals surface area contributed by atoms with E-state index in [-0.39, 0.29) is 0 Å². The molecule has 0 amide bonds. The monoisotopic (exact) mass is 371 g/mol. The lowest BCUT2D eigenvalue weighted by Crippen LogP contribution is -2.04. The van der Waals surface area contributed by atoms with E-state index in [0.29, 0.717) is 22.6 Å². The Hall–Kier alpha value is -0.880. The summed E-state index contributed by atoms with van der Waals surface area (Å²) in [6.07, 6.45) is 2.39. The minimum absolute atomic E-state index is 0.556. The molecule has 3 nitrogen and oxygen atoms in total. The largest absolute Gasteiger partial charge is 0.383 e. The lowest BCUT2D eigenvalue weighted by molar-refractivity contribution is 0.983. The van der Waals surface area contributed by atoms with Crippen molar-refractivity contribution in [2.45, 2.75) is 18.8 Å². The highest BCUT2D eigenvalue weighted by Crippen LogP contribution is 2.42. The Morgan fingerprint density at radius 2 is 2.06 bits per heavy atom. The lowest BCUT2D eigenvalue weighted by Gasteiger charge is -2.08. The molecule has 1 aromatic carbocycles. The molecule has 1 fully saturated rings. The van der Waals surface area contributed by atoms with Crippen LogP contribution in [0.15, 0.2) is 24.3 Å². The highest BCUT2D eigenvalue weighted by molar-refractivity contribution is 14.1. The molecule has 1 aliphatic carbocycles. The molecule has 1 heterocycles. The summed E-state index contributed by atoms with van der Waals surface area (Å²) in [7, 11) is 0. The van der Waals surface area contributed by atoms with E-state index in [1.54, 1.807) is 0 Å². The van der Waals surface area contributed by atoms with E-state index < -0.39 is 0 Å². The Labute approximate surface area is 124 Å². The second-order valence-electron chi connectivity index (χ2n) is 4.42. The zero-order chi connectivity index (χ0) is 12.7. The fourth-order valence-electron chi connectivity index (χ4n) is 1.87. The molecule has 0 aliphatic heterocycles. The van der Waals surface area contributed by atoms with E-state index in [0.717, 1.165) is 14.8 Å². The van der Waals surface area contributed by atoms with Crippen molar-refractivity contribution >= 4 is 40.0 Å². The van der Waals surface area contributed by atoms with Gasteiger partial charge in [-0.25, -0.2) is 9.97 Å². The van der Waals surface area contributed by atoms with Gasteiger partial charge in [-0.1, -0.05) is 23.7 Å². The Bertz CT molecular complexity index is 611. The second-order valence-corrected chi connectivity index (χ2v) is 5.93. The van der Waals surface area contributed by atoms with Gasteiger partial charge < -0.3 is 5.73 Å². The topological polar surface area (TPSA) is 51.8 Å². The minimum Gasteiger partial charge on any atom is -0.383 e. The van der Waals surface area contributed by atoms with Gasteiger partial charge in [0, 0.05) is 16.5 Å². The van der Waals surface area contributed by atoms with E-state index in [4.69, 9.17) is 17.3 Å². The second kappa shape index (κ2) is 4.66. The Morgan fingerprint density at radius 1 is 1.28 bits per heavy atom. The molecule has 0 saturated heterocycles. The molecule has 0 unspecified atom stereocenters. The summed E-state index contributed by atoms with van der Waals surface area (Å²) in [5, 5.41) is 0.682. The molecule has 0 spiro atoms. The van der Waals surface area contributed by atoms with Crippen molar-refractivity contribution < 1.29 is 0 Å². The molecule has 0 radical (unpaired) electrons. The summed E-state index contributed by atoms with van der Waals surface area (Å²) in [5.41, 5.74) is 7.96. The van der Waals surface area contributed by atoms with E-state index in [1.165, 1.54) is 12.8 Å². The lowest BCUT2D eigenvalue weighted by atomic mass is 10.2. The Morgan fingerprint density at radius 3 is 2.72 bits per heavy atom. The summed E-state index contributed by atoms with van der Waals surface area (Å²) in [4.78, 5) is 9.00. The van der Waals surface area contributed by atoms with Crippen molar-refractivity contribution in [2.24, 2.45) is 0 Å². The van der Waals surface area contributed by atoms with Crippen LogP contribution < -0.4 is 5.73 Å². The third kappa shape index (κ3) is 2.31. The normalized spacial score (nSPS) is 14.8. The van der Waals surface area contributed by atoms with Crippen molar-refractivity contribution in [3.8, 4) is 11.4 Å². The number of benzene rings is 1. The van der Waals surface area contributed by atoms with Crippen molar-refractivity contribution in [1.82, 2.24) is 9.97 Å². The van der Waals surface area contributed by atoms with Gasteiger partial charge in [0.05, 0.1) is 9.26 Å². The van der Waals surface area contributed by atoms with Crippen LogP contribution in [0.25, 0.3) is 11.4 Å². The maximum atomic E-state index is 5.99. The third-order valence-corrected chi connectivity index (χ3v) is 4.29. The Balaban J connectivity index is 2.12. The number of halogens is 2. The van der Waals surface area contributed by atoms with Crippen LogP contribution >= 0.6 is 34.2 Å². The molecule has 2 aromatic rings. The van der Waals surface area contributed by atoms with Crippen molar-refractivity contribution in [3.05, 3.63) is 38.6 Å². The molecule has 1 saturated carbocycles. The van der Waals surface area contributed by atoms with Crippen LogP contribution in [0.5, 0.6) is 0 Å². The molecule has 0 bridgehead atoms. The first-order valence-corrected chi connectivity index (χ1v) is 7.19. The average Bonchev–Trinajstić information content (AvgIpc) is 3.16. The van der Waals surface area contributed by atoms with E-state index in [9.17, 15) is 0 Å². The molecular weight excluding hydrogens is 361 g/mol. The highest BCUT2D eigenvalue weighted by atomic mass is 127. The smallest absolute Gasteiger partial charge is 0.161 e. The third-order valence-electron chi connectivity index (χ3n) is 2.95. The fourth-order valence-corrected chi connectivity index (χ4v) is 2.74. The quantitative estimate of drug-likeness (QED) is 0.816. The average molecular weight is 372 g/mol. The number of anilines is 1. The number of nitrogen functional groups attached to an aromatic ring is 1. The summed E-state index contributed by atoms with van der Waals surface area (Å²) in [6.45, 7) is 0. The predicted molar refractivity (Wildman–Crippen MR) is 81.6 cm³/mol. The summed E-state index contributed by atoms with van der Waals surface area (Å²) in [6, 6.07) is 7.54. The summed E-state index contributed by atoms with van der Waals surface area (Å²) < 4.78 is 0.987. The SMILES string of the molecule is Nc1nc(-c2cccc(Cl)c2)nc(C2CC2)c1I. The zero-order valence-electron chi connectivity index (χ0n) is 9.53. The van der Waals surface area contributed by atoms with Crippen LogP contribution in [0, 0.1) is 3.57 Å². The molecule has 1 aromatic heterocycles. The molecule has 0 atom stereocenters. The summed E-state index contributed by atoms with van der Waals surface area (Å²) >= 11 is 8.22. The molecule has 5 heteroatoms. The number of nitrogens with two attached hydrogens (primary N) is 1. The van der Waals surface area contributed by atoms with E-state index in [1.807, 2.05) is 24.3 Å². The van der Waals surface area contributed by atoms with Gasteiger partial charge in [0.1, 0.15) is 5.82 Å². The minimum atomic E-state index is 0.556. The van der Waals surface area contributed by atoms with Gasteiger partial charge in [0.2, 0.25) is 0 Å². The van der Waals surface area contributed by atoms with Gasteiger partial charge in [0.15, 0.2) is 5.82 Å². The number of hydrogen-bond acceptors (Lipinski definition) is 3. The first-order chi connectivity index (χ1) is 8.65.